The second-order valence-corrected chi connectivity index (χ2v) is 3.11. The Morgan fingerprint density at radius 3 is 1.53 bits per heavy atom. The second kappa shape index (κ2) is 9.59. The molecular weight excluding hydrogens is 192 g/mol. The second-order valence-electron chi connectivity index (χ2n) is 3.11. The predicted molar refractivity (Wildman–Crippen MR) is 61.6 cm³/mol. The van der Waals surface area contributed by atoms with Crippen LogP contribution in [0.3, 0.4) is 0 Å². The van der Waals surface area contributed by atoms with Gasteiger partial charge in [-0.2, -0.15) is 0 Å². The summed E-state index contributed by atoms with van der Waals surface area (Å²) in [5.74, 6) is 1.86. The summed E-state index contributed by atoms with van der Waals surface area (Å²) in [6, 6.07) is 0. The monoisotopic (exact) mass is 214 g/mol. The van der Waals surface area contributed by atoms with Crippen molar-refractivity contribution in [1.82, 2.24) is 0 Å². The van der Waals surface area contributed by atoms with Crippen LogP contribution in [0.4, 0.5) is 0 Å². The summed E-state index contributed by atoms with van der Waals surface area (Å²) in [5, 5.41) is 0. The summed E-state index contributed by atoms with van der Waals surface area (Å²) < 4.78 is 16.0. The first-order valence-corrected chi connectivity index (χ1v) is 5.29. The topological polar surface area (TPSA) is 27.7 Å². The third kappa shape index (κ3) is 9.35. The van der Waals surface area contributed by atoms with Gasteiger partial charge in [-0.15, -0.1) is 0 Å². The van der Waals surface area contributed by atoms with Crippen LogP contribution in [0.1, 0.15) is 27.7 Å². The van der Waals surface area contributed by atoms with Crippen LogP contribution in [-0.4, -0.2) is 26.4 Å². The van der Waals surface area contributed by atoms with E-state index in [1.54, 1.807) is 0 Å². The molecule has 0 aromatic carbocycles. The van der Waals surface area contributed by atoms with E-state index in [0.29, 0.717) is 26.4 Å². The Labute approximate surface area is 92.7 Å². The van der Waals surface area contributed by atoms with Gasteiger partial charge in [0.2, 0.25) is 0 Å². The first-order chi connectivity index (χ1) is 7.20. The van der Waals surface area contributed by atoms with Crippen LogP contribution in [0.5, 0.6) is 0 Å². The maximum Gasteiger partial charge on any atom is 0.111 e. The van der Waals surface area contributed by atoms with Crippen molar-refractivity contribution in [2.24, 2.45) is 0 Å². The van der Waals surface area contributed by atoms with Crippen molar-refractivity contribution in [3.05, 3.63) is 23.7 Å². The third-order valence-corrected chi connectivity index (χ3v) is 1.93. The van der Waals surface area contributed by atoms with Crippen LogP contribution >= 0.6 is 0 Å². The van der Waals surface area contributed by atoms with Crippen molar-refractivity contribution in [1.29, 1.82) is 0 Å². The van der Waals surface area contributed by atoms with Gasteiger partial charge in [-0.25, -0.2) is 0 Å². The smallest absolute Gasteiger partial charge is 0.111 e. The van der Waals surface area contributed by atoms with Gasteiger partial charge in [-0.1, -0.05) is 12.2 Å². The van der Waals surface area contributed by atoms with Gasteiger partial charge in [0.25, 0.3) is 0 Å². The largest absolute Gasteiger partial charge is 0.496 e. The zero-order chi connectivity index (χ0) is 11.5. The highest BCUT2D eigenvalue weighted by atomic mass is 16.5. The van der Waals surface area contributed by atoms with Crippen LogP contribution < -0.4 is 0 Å². The van der Waals surface area contributed by atoms with Crippen molar-refractivity contribution in [2.75, 3.05) is 26.4 Å². The summed E-state index contributed by atoms with van der Waals surface area (Å²) in [6.07, 6.45) is 3.86. The molecule has 0 N–H and O–H groups in total. The molecule has 0 saturated carbocycles. The minimum atomic E-state index is 0.596. The lowest BCUT2D eigenvalue weighted by Crippen LogP contribution is -2.08. The van der Waals surface area contributed by atoms with Crippen LogP contribution in [-0.2, 0) is 14.2 Å². The van der Waals surface area contributed by atoms with E-state index in [4.69, 9.17) is 14.2 Å². The van der Waals surface area contributed by atoms with Crippen LogP contribution in [0, 0.1) is 0 Å². The highest BCUT2D eigenvalue weighted by molar-refractivity contribution is 4.84. The average Bonchev–Trinajstić information content (AvgIpc) is 2.26. The molecule has 0 aromatic rings. The summed E-state index contributed by atoms with van der Waals surface area (Å²) in [5.41, 5.74) is 0. The number of hydrogen-bond donors (Lipinski definition) is 0. The Morgan fingerprint density at radius 2 is 1.20 bits per heavy atom. The molecule has 0 rings (SSSR count). The van der Waals surface area contributed by atoms with Gasteiger partial charge in [-0.3, -0.25) is 0 Å². The van der Waals surface area contributed by atoms with Gasteiger partial charge in [0.15, 0.2) is 0 Å². The lowest BCUT2D eigenvalue weighted by Gasteiger charge is -2.08. The molecule has 0 bridgehead atoms. The van der Waals surface area contributed by atoms with Gasteiger partial charge in [0, 0.05) is 0 Å². The van der Waals surface area contributed by atoms with E-state index in [9.17, 15) is 0 Å². The molecular formula is C12H22O3. The van der Waals surface area contributed by atoms with Gasteiger partial charge in [-0.05, 0) is 27.7 Å². The van der Waals surface area contributed by atoms with Gasteiger partial charge in [0.1, 0.15) is 13.2 Å². The predicted octanol–water partition coefficient (Wildman–Crippen LogP) is 2.88. The van der Waals surface area contributed by atoms with E-state index in [1.165, 1.54) is 0 Å². The fourth-order valence-corrected chi connectivity index (χ4v) is 0.792. The molecule has 0 aliphatic heterocycles. The molecule has 0 amide bonds. The lowest BCUT2D eigenvalue weighted by atomic mass is 10.5. The van der Waals surface area contributed by atoms with Gasteiger partial charge in [0.05, 0.1) is 24.7 Å². The Kier molecular flexibility index (Phi) is 8.98. The van der Waals surface area contributed by atoms with Crippen molar-refractivity contribution >= 4 is 0 Å². The Bertz CT molecular complexity index is 185. The van der Waals surface area contributed by atoms with E-state index in [0.717, 1.165) is 11.5 Å². The van der Waals surface area contributed by atoms with Crippen LogP contribution in [0.25, 0.3) is 0 Å². The van der Waals surface area contributed by atoms with Gasteiger partial charge < -0.3 is 14.2 Å². The van der Waals surface area contributed by atoms with Crippen molar-refractivity contribution in [3.63, 3.8) is 0 Å². The lowest BCUT2D eigenvalue weighted by molar-refractivity contribution is 0.0451. The SMILES string of the molecule is CC=C(C)OCCOCCOC(C)=CC. The Morgan fingerprint density at radius 1 is 0.800 bits per heavy atom. The van der Waals surface area contributed by atoms with E-state index < -0.39 is 0 Å². The molecule has 0 radical (unpaired) electrons. The minimum Gasteiger partial charge on any atom is -0.496 e. The number of rotatable bonds is 8. The van der Waals surface area contributed by atoms with E-state index in [2.05, 4.69) is 0 Å². The molecule has 15 heavy (non-hydrogen) atoms. The first-order valence-electron chi connectivity index (χ1n) is 5.29. The highest BCUT2D eigenvalue weighted by Crippen LogP contribution is 1.95. The van der Waals surface area contributed by atoms with Crippen LogP contribution in [0.15, 0.2) is 23.7 Å². The fourth-order valence-electron chi connectivity index (χ4n) is 0.792. The molecule has 0 aliphatic rings. The molecule has 88 valence electrons. The normalized spacial score (nSPS) is 12.8. The van der Waals surface area contributed by atoms with E-state index in [-0.39, 0.29) is 0 Å². The van der Waals surface area contributed by atoms with Crippen molar-refractivity contribution < 1.29 is 14.2 Å². The molecule has 0 atom stereocenters. The van der Waals surface area contributed by atoms with Gasteiger partial charge >= 0.3 is 0 Å². The molecule has 0 unspecified atom stereocenters. The highest BCUT2D eigenvalue weighted by Gasteiger charge is 1.92. The number of ether oxygens (including phenoxy) is 3. The number of allylic oxidation sites excluding steroid dienone is 4. The summed E-state index contributed by atoms with van der Waals surface area (Å²) >= 11 is 0. The first kappa shape index (κ1) is 14.0. The molecule has 0 heterocycles. The average molecular weight is 214 g/mol. The summed E-state index contributed by atoms with van der Waals surface area (Å²) in [7, 11) is 0. The maximum absolute atomic E-state index is 5.32. The minimum absolute atomic E-state index is 0.596. The molecule has 0 saturated heterocycles. The summed E-state index contributed by atoms with van der Waals surface area (Å²) in [4.78, 5) is 0. The molecule has 0 spiro atoms. The molecule has 0 fully saturated rings. The quantitative estimate of drug-likeness (QED) is 0.459. The molecule has 3 nitrogen and oxygen atoms in total. The van der Waals surface area contributed by atoms with Crippen molar-refractivity contribution in [2.45, 2.75) is 27.7 Å². The van der Waals surface area contributed by atoms with Crippen molar-refractivity contribution in [3.8, 4) is 0 Å². The molecule has 3 heteroatoms. The fraction of sp³-hybridized carbons (Fsp3) is 0.667. The van der Waals surface area contributed by atoms with E-state index >= 15 is 0 Å². The third-order valence-electron chi connectivity index (χ3n) is 1.93. The zero-order valence-electron chi connectivity index (χ0n) is 10.2. The Balaban J connectivity index is 3.19. The van der Waals surface area contributed by atoms with E-state index in [1.807, 2.05) is 39.8 Å². The maximum atomic E-state index is 5.32. The summed E-state index contributed by atoms with van der Waals surface area (Å²) in [6.45, 7) is 10.1. The standard InChI is InChI=1S/C12H22O3/c1-5-11(3)14-9-7-13-8-10-15-12(4)6-2/h5-6H,7-10H2,1-4H3. The van der Waals surface area contributed by atoms with Crippen LogP contribution in [0.2, 0.25) is 0 Å². The molecule has 0 aromatic heterocycles. The Hall–Kier alpha value is -0.960. The molecule has 0 aliphatic carbocycles. The zero-order valence-corrected chi connectivity index (χ0v) is 10.2. The number of hydrogen-bond acceptors (Lipinski definition) is 3.